The monoisotopic (exact) mass is 783 g/mol. The number of sulfonamides is 2. The van der Waals surface area contributed by atoms with Crippen LogP contribution in [0.1, 0.15) is 66.5 Å². The molecular weight excluding hydrogens is 745 g/mol. The first kappa shape index (κ1) is 38.0. The van der Waals surface area contributed by atoms with Gasteiger partial charge in [0.2, 0.25) is 15.9 Å². The molecule has 2 saturated heterocycles. The molecular formula is C29H40Cl3N7O8S2. The maximum absolute atomic E-state index is 12.8. The molecule has 5 rings (SSSR count). The summed E-state index contributed by atoms with van der Waals surface area (Å²) in [5.74, 6) is -1.77. The molecule has 3 aromatic rings. The summed E-state index contributed by atoms with van der Waals surface area (Å²) in [6, 6.07) is 7.91. The molecule has 3 aromatic heterocycles. The summed E-state index contributed by atoms with van der Waals surface area (Å²) in [6.07, 6.45) is 2.87. The van der Waals surface area contributed by atoms with Crippen LogP contribution < -0.4 is 25.2 Å². The molecule has 2 aliphatic rings. The normalized spacial score (nSPS) is 18.9. The maximum atomic E-state index is 12.8. The highest BCUT2D eigenvalue weighted by molar-refractivity contribution is 7.91. The lowest BCUT2D eigenvalue weighted by atomic mass is 9.97. The number of amides is 3. The smallest absolute Gasteiger partial charge is 0.269 e. The number of halogens is 3. The second-order valence-electron chi connectivity index (χ2n) is 11.9. The van der Waals surface area contributed by atoms with Gasteiger partial charge >= 0.3 is 0 Å². The molecule has 49 heavy (non-hydrogen) atoms. The van der Waals surface area contributed by atoms with Crippen LogP contribution in [-0.2, 0) is 24.8 Å². The van der Waals surface area contributed by atoms with Crippen molar-refractivity contribution in [2.75, 3.05) is 18.0 Å². The van der Waals surface area contributed by atoms with E-state index in [1.807, 2.05) is 28.2 Å². The second-order valence-corrected chi connectivity index (χ2v) is 16.6. The summed E-state index contributed by atoms with van der Waals surface area (Å²) in [4.78, 5) is 59.8. The van der Waals surface area contributed by atoms with Crippen LogP contribution in [0, 0.1) is 5.92 Å². The van der Waals surface area contributed by atoms with Gasteiger partial charge in [-0.3, -0.25) is 19.2 Å². The van der Waals surface area contributed by atoms with Gasteiger partial charge in [0.1, 0.15) is 21.3 Å². The molecule has 0 spiro atoms. The van der Waals surface area contributed by atoms with E-state index in [-0.39, 0.29) is 44.3 Å². The zero-order chi connectivity index (χ0) is 36.3. The number of nitrogens with zero attached hydrogens (tertiary/aromatic N) is 3. The van der Waals surface area contributed by atoms with Crippen LogP contribution in [0.15, 0.2) is 52.3 Å². The van der Waals surface area contributed by atoms with Crippen LogP contribution in [0.2, 0.25) is 15.5 Å². The summed E-state index contributed by atoms with van der Waals surface area (Å²) in [5, 5.41) is 1.20. The highest BCUT2D eigenvalue weighted by atomic mass is 35.5. The van der Waals surface area contributed by atoms with E-state index in [0.29, 0.717) is 31.2 Å². The van der Waals surface area contributed by atoms with E-state index in [9.17, 15) is 36.0 Å². The minimum Gasteiger partial charge on any atom is -0.355 e. The van der Waals surface area contributed by atoms with Gasteiger partial charge in [-0.1, -0.05) is 41.7 Å². The zero-order valence-electron chi connectivity index (χ0n) is 26.3. The Morgan fingerprint density at radius 1 is 0.959 bits per heavy atom. The van der Waals surface area contributed by atoms with Gasteiger partial charge in [-0.25, -0.2) is 36.2 Å². The van der Waals surface area contributed by atoms with E-state index in [2.05, 4.69) is 27.2 Å². The van der Waals surface area contributed by atoms with Gasteiger partial charge in [0.05, 0.1) is 11.1 Å². The Labute approximate surface area is 303 Å². The highest BCUT2D eigenvalue weighted by Crippen LogP contribution is 2.37. The minimum absolute atomic E-state index is 0. The summed E-state index contributed by atoms with van der Waals surface area (Å²) >= 11 is 17.4. The van der Waals surface area contributed by atoms with Gasteiger partial charge in [-0.2, -0.15) is 0 Å². The number of anilines is 1. The molecule has 2 fully saturated rings. The third-order valence-corrected chi connectivity index (χ3v) is 11.3. The molecule has 20 heteroatoms. The first-order chi connectivity index (χ1) is 22.8. The largest absolute Gasteiger partial charge is 0.355 e. The summed E-state index contributed by atoms with van der Waals surface area (Å²) in [5.41, 5.74) is -1.16. The number of hydrogen-bond acceptors (Lipinski definition) is 11. The average Bonchev–Trinajstić information content (AvgIpc) is 3.28. The number of H-pyrrole nitrogens is 1. The Hall–Kier alpha value is -3.77. The van der Waals surface area contributed by atoms with Crippen molar-refractivity contribution in [1.82, 2.24) is 29.7 Å². The minimum atomic E-state index is -4.35. The lowest BCUT2D eigenvalue weighted by molar-refractivity contribution is -0.121. The zero-order valence-corrected chi connectivity index (χ0v) is 30.2. The molecule has 1 unspecified atom stereocenters. The van der Waals surface area contributed by atoms with E-state index < -0.39 is 53.5 Å². The summed E-state index contributed by atoms with van der Waals surface area (Å²) in [6.45, 7) is 7.23. The Balaban J connectivity index is 0.000000981. The molecule has 4 N–H and O–H groups in total. The fraction of sp³-hybridized carbons (Fsp3) is 0.379. The molecule has 15 nitrogen and oxygen atoms in total. The van der Waals surface area contributed by atoms with E-state index in [0.717, 1.165) is 12.5 Å². The Morgan fingerprint density at radius 3 is 2.18 bits per heavy atom. The standard InChI is InChI=1S/C18H21ClN4O4S.C11H11Cl2N3O4S.4H2/c1-11-9-18(2,3)23(10-11)15-12(6-7-14(19)21-15)16(24)22-28(26,27)13-5-4-8-20-17(13)25;12-8-4-3-6(9(13)15-8)10(17)16-21(19,20)7-2-1-5-14-11(7)18;;;;/h4-8,11H,9-10H2,1-3H3,(H,20,25)(H,22,24);3-4,7H,1-2,5H2,(H,14,18)(H,16,17);4*1H/t11-;;;;;/m0...../s1. The number of rotatable bonds is 7. The highest BCUT2D eigenvalue weighted by Gasteiger charge is 2.39. The van der Waals surface area contributed by atoms with Gasteiger partial charge in [0.25, 0.3) is 27.4 Å². The first-order valence-corrected chi connectivity index (χ1v) is 18.8. The molecule has 0 radical (unpaired) electrons. The summed E-state index contributed by atoms with van der Waals surface area (Å²) < 4.78 is 53.0. The number of aromatic nitrogens is 3. The Kier molecular flexibility index (Phi) is 11.6. The Bertz CT molecular complexity index is 2080. The van der Waals surface area contributed by atoms with E-state index >= 15 is 0 Å². The Morgan fingerprint density at radius 2 is 1.59 bits per heavy atom. The van der Waals surface area contributed by atoms with Crippen molar-refractivity contribution in [3.05, 3.63) is 79.5 Å². The van der Waals surface area contributed by atoms with Crippen LogP contribution in [0.4, 0.5) is 5.82 Å². The maximum Gasteiger partial charge on any atom is 0.269 e. The molecule has 5 heterocycles. The van der Waals surface area contributed by atoms with E-state index in [1.165, 1.54) is 36.5 Å². The van der Waals surface area contributed by atoms with Crippen molar-refractivity contribution < 1.29 is 36.9 Å². The number of hydrogen-bond donors (Lipinski definition) is 4. The fourth-order valence-electron chi connectivity index (χ4n) is 5.49. The number of nitrogens with one attached hydrogen (secondary N) is 4. The van der Waals surface area contributed by atoms with Crippen molar-refractivity contribution in [2.45, 2.75) is 55.7 Å². The molecule has 2 atom stereocenters. The topological polar surface area (TPSA) is 217 Å². The number of pyridine rings is 3. The van der Waals surface area contributed by atoms with Gasteiger partial charge in [0, 0.05) is 30.5 Å². The number of aromatic amines is 1. The van der Waals surface area contributed by atoms with Gasteiger partial charge < -0.3 is 15.2 Å². The molecule has 3 amide bonds. The van der Waals surface area contributed by atoms with Crippen molar-refractivity contribution in [3.8, 4) is 0 Å². The van der Waals surface area contributed by atoms with Crippen LogP contribution in [-0.4, -0.2) is 73.4 Å². The molecule has 272 valence electrons. The first-order valence-electron chi connectivity index (χ1n) is 14.7. The van der Waals surface area contributed by atoms with Gasteiger partial charge in [-0.15, -0.1) is 0 Å². The quantitative estimate of drug-likeness (QED) is 0.252. The lowest BCUT2D eigenvalue weighted by Crippen LogP contribution is -2.49. The number of piperidine rings is 1. The van der Waals surface area contributed by atoms with Crippen LogP contribution in [0.25, 0.3) is 0 Å². The van der Waals surface area contributed by atoms with Crippen molar-refractivity contribution in [2.24, 2.45) is 5.92 Å². The van der Waals surface area contributed by atoms with Crippen LogP contribution in [0.5, 0.6) is 0 Å². The molecule has 0 saturated carbocycles. The molecule has 2 aliphatic heterocycles. The molecule has 0 aliphatic carbocycles. The SMILES string of the molecule is C[C@@H]1CN(c2nc(Cl)ccc2C(=O)NS(=O)(=O)c2ccc[nH]c2=O)C(C)(C)C1.O=C(NS(=O)(=O)C1CCCNC1=O)c1ccc(Cl)nc1Cl.[HH].[HH].[HH].[HH]. The second kappa shape index (κ2) is 15.0. The fourth-order valence-corrected chi connectivity index (χ4v) is 8.45. The molecule has 0 aromatic carbocycles. The third-order valence-electron chi connectivity index (χ3n) is 7.62. The van der Waals surface area contributed by atoms with Gasteiger partial charge in [-0.05, 0) is 75.4 Å². The number of carbonyl (C=O) groups is 3. The predicted octanol–water partition coefficient (Wildman–Crippen LogP) is 3.88. The van der Waals surface area contributed by atoms with Crippen molar-refractivity contribution in [3.63, 3.8) is 0 Å². The summed E-state index contributed by atoms with van der Waals surface area (Å²) in [7, 11) is -8.49. The predicted molar refractivity (Wildman–Crippen MR) is 191 cm³/mol. The van der Waals surface area contributed by atoms with Gasteiger partial charge in [0.15, 0.2) is 10.1 Å². The third kappa shape index (κ3) is 9.08. The average molecular weight is 785 g/mol. The van der Waals surface area contributed by atoms with E-state index in [1.54, 1.807) is 0 Å². The molecule has 0 bridgehead atoms. The lowest BCUT2D eigenvalue weighted by Gasteiger charge is -2.33. The van der Waals surface area contributed by atoms with Crippen molar-refractivity contribution in [1.29, 1.82) is 0 Å². The van der Waals surface area contributed by atoms with Crippen LogP contribution in [0.3, 0.4) is 0 Å². The van der Waals surface area contributed by atoms with E-state index in [4.69, 9.17) is 34.8 Å². The number of carbonyl (C=O) groups excluding carboxylic acids is 3. The van der Waals surface area contributed by atoms with Crippen LogP contribution >= 0.6 is 34.8 Å². The van der Waals surface area contributed by atoms with Crippen molar-refractivity contribution >= 4 is 78.4 Å².